The van der Waals surface area contributed by atoms with Gasteiger partial charge in [-0.15, -0.1) is 0 Å². The first kappa shape index (κ1) is 15.4. The van der Waals surface area contributed by atoms with Crippen molar-refractivity contribution in [3.63, 3.8) is 0 Å². The summed E-state index contributed by atoms with van der Waals surface area (Å²) in [6.07, 6.45) is 9.34. The van der Waals surface area contributed by atoms with Crippen molar-refractivity contribution >= 4 is 5.97 Å². The molecule has 1 N–H and O–H groups in total. The second kappa shape index (κ2) is 6.19. The minimum atomic E-state index is -0.399. The van der Waals surface area contributed by atoms with E-state index >= 15 is 0 Å². The Morgan fingerprint density at radius 3 is 2.90 bits per heavy atom. The van der Waals surface area contributed by atoms with Crippen molar-refractivity contribution in [2.45, 2.75) is 71.8 Å². The predicted molar refractivity (Wildman–Crippen MR) is 79.3 cm³/mol. The number of unbranched alkanes of at least 4 members (excludes halogenated alkanes) is 1. The number of fused-ring (bicyclic) bond motifs is 1. The van der Waals surface area contributed by atoms with Crippen LogP contribution in [0.15, 0.2) is 11.8 Å². The van der Waals surface area contributed by atoms with Gasteiger partial charge in [0.15, 0.2) is 0 Å². The molecule has 2 fully saturated rings. The molecular weight excluding hydrogens is 252 g/mol. The molecule has 0 unspecified atom stereocenters. The van der Waals surface area contributed by atoms with E-state index in [9.17, 15) is 9.90 Å². The fraction of sp³-hybridized carbons (Fsp3) is 0.824. The maximum Gasteiger partial charge on any atom is 0.317 e. The first-order chi connectivity index (χ1) is 9.44. The highest BCUT2D eigenvalue weighted by Gasteiger charge is 2.48. The number of carbonyl (C=O) groups excluding carboxylic acids is 1. The van der Waals surface area contributed by atoms with E-state index in [2.05, 4.69) is 20.8 Å². The molecule has 1 saturated heterocycles. The van der Waals surface area contributed by atoms with Gasteiger partial charge in [-0.3, -0.25) is 4.79 Å². The standard InChI is InChI=1S/C17H28O3/c1-4-5-10-17(2,3)11-9-13(18)15-12-7-6-8-14(12)20-16(15)19/h9,12,14-15,18H,4-8,10-11H2,1-3H3/t12-,14+,15+/m0/s1. The first-order valence-corrected chi connectivity index (χ1v) is 8.04. The summed E-state index contributed by atoms with van der Waals surface area (Å²) in [6, 6.07) is 0. The molecule has 3 heteroatoms. The summed E-state index contributed by atoms with van der Waals surface area (Å²) >= 11 is 0. The van der Waals surface area contributed by atoms with E-state index in [1.54, 1.807) is 0 Å². The molecule has 0 radical (unpaired) electrons. The topological polar surface area (TPSA) is 46.5 Å². The van der Waals surface area contributed by atoms with Crippen LogP contribution in [-0.2, 0) is 9.53 Å². The van der Waals surface area contributed by atoms with Gasteiger partial charge in [0.05, 0.1) is 0 Å². The molecule has 2 aliphatic rings. The Morgan fingerprint density at radius 1 is 1.45 bits per heavy atom. The lowest BCUT2D eigenvalue weighted by molar-refractivity contribution is -0.144. The second-order valence-corrected chi connectivity index (χ2v) is 7.15. The highest BCUT2D eigenvalue weighted by molar-refractivity contribution is 5.78. The molecule has 1 heterocycles. The van der Waals surface area contributed by atoms with Gasteiger partial charge in [0.2, 0.25) is 0 Å². The summed E-state index contributed by atoms with van der Waals surface area (Å²) in [7, 11) is 0. The van der Waals surface area contributed by atoms with Crippen LogP contribution in [0.3, 0.4) is 0 Å². The van der Waals surface area contributed by atoms with Gasteiger partial charge in [0.1, 0.15) is 17.8 Å². The number of esters is 1. The molecule has 0 bridgehead atoms. The van der Waals surface area contributed by atoms with E-state index in [0.717, 1.165) is 32.1 Å². The molecule has 1 saturated carbocycles. The average molecular weight is 280 g/mol. The molecule has 0 spiro atoms. The molecule has 20 heavy (non-hydrogen) atoms. The number of hydrogen-bond acceptors (Lipinski definition) is 3. The van der Waals surface area contributed by atoms with Gasteiger partial charge in [-0.05, 0) is 43.6 Å². The van der Waals surface area contributed by atoms with Gasteiger partial charge in [-0.25, -0.2) is 0 Å². The second-order valence-electron chi connectivity index (χ2n) is 7.15. The Bertz CT molecular complexity index is 384. The quantitative estimate of drug-likeness (QED) is 0.580. The minimum Gasteiger partial charge on any atom is -0.512 e. The number of aliphatic hydroxyl groups is 1. The van der Waals surface area contributed by atoms with Crippen molar-refractivity contribution in [1.29, 1.82) is 0 Å². The number of hydrogen-bond donors (Lipinski definition) is 1. The van der Waals surface area contributed by atoms with Crippen molar-refractivity contribution < 1.29 is 14.6 Å². The molecule has 0 aromatic heterocycles. The molecule has 1 aliphatic carbocycles. The van der Waals surface area contributed by atoms with Crippen molar-refractivity contribution in [3.8, 4) is 0 Å². The smallest absolute Gasteiger partial charge is 0.317 e. The van der Waals surface area contributed by atoms with Crippen LogP contribution in [0.4, 0.5) is 0 Å². The Balaban J connectivity index is 1.97. The number of carbonyl (C=O) groups is 1. The summed E-state index contributed by atoms with van der Waals surface area (Å²) in [5.74, 6) is -0.171. The highest BCUT2D eigenvalue weighted by Crippen LogP contribution is 2.43. The zero-order valence-electron chi connectivity index (χ0n) is 13.0. The van der Waals surface area contributed by atoms with Gasteiger partial charge < -0.3 is 9.84 Å². The summed E-state index contributed by atoms with van der Waals surface area (Å²) < 4.78 is 5.38. The van der Waals surface area contributed by atoms with Crippen molar-refractivity contribution in [3.05, 3.63) is 11.8 Å². The number of allylic oxidation sites excluding steroid dienone is 1. The Morgan fingerprint density at radius 2 is 2.20 bits per heavy atom. The van der Waals surface area contributed by atoms with Crippen LogP contribution in [0, 0.1) is 17.3 Å². The molecule has 0 amide bonds. The number of aliphatic hydroxyl groups excluding tert-OH is 1. The van der Waals surface area contributed by atoms with Crippen LogP contribution in [0.1, 0.15) is 65.7 Å². The predicted octanol–water partition coefficient (Wildman–Crippen LogP) is 4.38. The zero-order chi connectivity index (χ0) is 14.8. The summed E-state index contributed by atoms with van der Waals surface area (Å²) in [5, 5.41) is 10.3. The minimum absolute atomic E-state index is 0.0520. The largest absolute Gasteiger partial charge is 0.512 e. The molecule has 0 aromatic rings. The Hall–Kier alpha value is -0.990. The van der Waals surface area contributed by atoms with Crippen molar-refractivity contribution in [1.82, 2.24) is 0 Å². The molecule has 0 aromatic carbocycles. The van der Waals surface area contributed by atoms with Crippen molar-refractivity contribution in [2.75, 3.05) is 0 Å². The maximum atomic E-state index is 11.9. The third-order valence-electron chi connectivity index (χ3n) is 4.84. The number of rotatable bonds is 6. The monoisotopic (exact) mass is 280 g/mol. The van der Waals surface area contributed by atoms with E-state index in [1.807, 2.05) is 6.08 Å². The third kappa shape index (κ3) is 3.36. The SMILES string of the molecule is CCCCC(C)(C)CC=C(O)[C@@H]1C(=O)O[C@@H]2CCC[C@H]12. The summed E-state index contributed by atoms with van der Waals surface area (Å²) in [6.45, 7) is 6.63. The van der Waals surface area contributed by atoms with E-state index < -0.39 is 5.92 Å². The van der Waals surface area contributed by atoms with Crippen LogP contribution < -0.4 is 0 Å². The first-order valence-electron chi connectivity index (χ1n) is 8.04. The van der Waals surface area contributed by atoms with Crippen LogP contribution in [0.2, 0.25) is 0 Å². The number of ether oxygens (including phenoxy) is 1. The van der Waals surface area contributed by atoms with E-state index in [-0.39, 0.29) is 29.2 Å². The van der Waals surface area contributed by atoms with Crippen LogP contribution in [-0.4, -0.2) is 17.2 Å². The van der Waals surface area contributed by atoms with Crippen molar-refractivity contribution in [2.24, 2.45) is 17.3 Å². The normalized spacial score (nSPS) is 30.4. The Kier molecular flexibility index (Phi) is 4.77. The molecule has 114 valence electrons. The Labute approximate surface area is 122 Å². The summed E-state index contributed by atoms with van der Waals surface area (Å²) in [4.78, 5) is 11.9. The van der Waals surface area contributed by atoms with E-state index in [4.69, 9.17) is 4.74 Å². The average Bonchev–Trinajstić information content (AvgIpc) is 2.93. The van der Waals surface area contributed by atoms with Gasteiger partial charge in [-0.2, -0.15) is 0 Å². The lowest BCUT2D eigenvalue weighted by Gasteiger charge is -2.23. The zero-order valence-corrected chi connectivity index (χ0v) is 13.0. The lowest BCUT2D eigenvalue weighted by Crippen LogP contribution is -2.19. The van der Waals surface area contributed by atoms with E-state index in [0.29, 0.717) is 0 Å². The molecule has 3 atom stereocenters. The van der Waals surface area contributed by atoms with Gasteiger partial charge in [-0.1, -0.05) is 33.6 Å². The summed E-state index contributed by atoms with van der Waals surface area (Å²) in [5.41, 5.74) is 0.182. The third-order valence-corrected chi connectivity index (χ3v) is 4.84. The van der Waals surface area contributed by atoms with Gasteiger partial charge in [0, 0.05) is 5.92 Å². The molecule has 1 aliphatic heterocycles. The van der Waals surface area contributed by atoms with Crippen LogP contribution in [0.5, 0.6) is 0 Å². The molecule has 2 rings (SSSR count). The fourth-order valence-corrected chi connectivity index (χ4v) is 3.48. The van der Waals surface area contributed by atoms with Crippen LogP contribution >= 0.6 is 0 Å². The lowest BCUT2D eigenvalue weighted by atomic mass is 9.82. The van der Waals surface area contributed by atoms with Gasteiger partial charge >= 0.3 is 5.97 Å². The van der Waals surface area contributed by atoms with E-state index in [1.165, 1.54) is 12.8 Å². The van der Waals surface area contributed by atoms with Crippen LogP contribution in [0.25, 0.3) is 0 Å². The maximum absolute atomic E-state index is 11.9. The van der Waals surface area contributed by atoms with Gasteiger partial charge in [0.25, 0.3) is 0 Å². The fourth-order valence-electron chi connectivity index (χ4n) is 3.48. The highest BCUT2D eigenvalue weighted by atomic mass is 16.6. The molecule has 3 nitrogen and oxygen atoms in total. The molecular formula is C17H28O3.